The van der Waals surface area contributed by atoms with Crippen LogP contribution in [0.15, 0.2) is 18.2 Å². The predicted octanol–water partition coefficient (Wildman–Crippen LogP) is 1.59. The number of carbonyl (C=O) groups excluding carboxylic acids is 1. The number of aliphatic carboxylic acids is 1. The number of fused-ring (bicyclic) bond motifs is 1. The predicted molar refractivity (Wildman–Crippen MR) is 87.7 cm³/mol. The molecule has 1 unspecified atom stereocenters. The van der Waals surface area contributed by atoms with Gasteiger partial charge in [0.2, 0.25) is 12.7 Å². The van der Waals surface area contributed by atoms with Gasteiger partial charge in [-0.25, -0.2) is 4.79 Å². The summed E-state index contributed by atoms with van der Waals surface area (Å²) in [5.41, 5.74) is 4.76. The Labute approximate surface area is 141 Å². The summed E-state index contributed by atoms with van der Waals surface area (Å²) < 4.78 is 10.6. The Balaban J connectivity index is 2.33. The zero-order chi connectivity index (χ0) is 17.9. The quantitative estimate of drug-likeness (QED) is 0.697. The minimum Gasteiger partial charge on any atom is -0.479 e. The number of benzene rings is 1. The average Bonchev–Trinajstić information content (AvgIpc) is 2.98. The summed E-state index contributed by atoms with van der Waals surface area (Å²) in [6, 6.07) is 4.10. The molecule has 7 nitrogen and oxygen atoms in total. The fourth-order valence-corrected chi connectivity index (χ4v) is 2.77. The van der Waals surface area contributed by atoms with Crippen molar-refractivity contribution in [3.8, 4) is 11.5 Å². The maximum atomic E-state index is 12.4. The van der Waals surface area contributed by atoms with Gasteiger partial charge in [0.05, 0.1) is 6.04 Å². The van der Waals surface area contributed by atoms with Gasteiger partial charge < -0.3 is 25.6 Å². The van der Waals surface area contributed by atoms with Gasteiger partial charge in [0.1, 0.15) is 0 Å². The number of hydrogen-bond donors (Lipinski definition) is 3. The van der Waals surface area contributed by atoms with Crippen molar-refractivity contribution in [2.45, 2.75) is 45.2 Å². The molecule has 0 aliphatic carbocycles. The third kappa shape index (κ3) is 3.46. The van der Waals surface area contributed by atoms with E-state index in [2.05, 4.69) is 5.32 Å². The molecule has 1 amide bonds. The highest BCUT2D eigenvalue weighted by atomic mass is 16.7. The second kappa shape index (κ2) is 7.09. The first-order valence-electron chi connectivity index (χ1n) is 8.01. The Morgan fingerprint density at radius 2 is 2.00 bits per heavy atom. The van der Waals surface area contributed by atoms with Crippen LogP contribution in [0.1, 0.15) is 39.2 Å². The van der Waals surface area contributed by atoms with Crippen LogP contribution in [0.2, 0.25) is 0 Å². The van der Waals surface area contributed by atoms with Crippen LogP contribution in [0.5, 0.6) is 11.5 Å². The Bertz CT molecular complexity index is 631. The van der Waals surface area contributed by atoms with Gasteiger partial charge in [-0.2, -0.15) is 0 Å². The Kier molecular flexibility index (Phi) is 5.33. The lowest BCUT2D eigenvalue weighted by molar-refractivity contribution is -0.148. The molecule has 132 valence electrons. The molecule has 0 spiro atoms. The van der Waals surface area contributed by atoms with E-state index in [0.29, 0.717) is 23.5 Å². The first kappa shape index (κ1) is 18.1. The normalized spacial score (nSPS) is 16.5. The van der Waals surface area contributed by atoms with Crippen LogP contribution in [0.3, 0.4) is 0 Å². The molecule has 4 N–H and O–H groups in total. The van der Waals surface area contributed by atoms with Gasteiger partial charge in [0.25, 0.3) is 0 Å². The topological polar surface area (TPSA) is 111 Å². The molecule has 0 saturated heterocycles. The molecule has 1 heterocycles. The zero-order valence-corrected chi connectivity index (χ0v) is 14.2. The van der Waals surface area contributed by atoms with Gasteiger partial charge in [-0.3, -0.25) is 4.79 Å². The number of ether oxygens (including phenoxy) is 2. The summed E-state index contributed by atoms with van der Waals surface area (Å²) in [6.07, 6.45) is 0.647. The third-order valence-electron chi connectivity index (χ3n) is 4.16. The van der Waals surface area contributed by atoms with Crippen LogP contribution in [0.4, 0.5) is 0 Å². The Morgan fingerprint density at radius 1 is 1.33 bits per heavy atom. The van der Waals surface area contributed by atoms with E-state index in [1.807, 2.05) is 13.8 Å². The van der Waals surface area contributed by atoms with Gasteiger partial charge in [-0.1, -0.05) is 26.8 Å². The summed E-state index contributed by atoms with van der Waals surface area (Å²) in [7, 11) is 0. The van der Waals surface area contributed by atoms with Crippen molar-refractivity contribution in [2.75, 3.05) is 6.79 Å². The standard InChI is InChI=1S/C17H24N2O5/c1-4-17(16(21)22,19-15(20)12(18)7-10(2)3)11-5-6-13-14(8-11)24-9-23-13/h5-6,8,10,12H,4,7,9,18H2,1-3H3,(H,19,20)(H,21,22)/t12-,17?/m0/s1. The van der Waals surface area contributed by atoms with Gasteiger partial charge in [-0.05, 0) is 36.5 Å². The van der Waals surface area contributed by atoms with Crippen LogP contribution in [-0.2, 0) is 15.1 Å². The number of nitrogens with one attached hydrogen (secondary N) is 1. The third-order valence-corrected chi connectivity index (χ3v) is 4.16. The van der Waals surface area contributed by atoms with E-state index >= 15 is 0 Å². The highest BCUT2D eigenvalue weighted by Gasteiger charge is 2.42. The summed E-state index contributed by atoms with van der Waals surface area (Å²) in [5.74, 6) is -0.374. The number of carboxylic acid groups (broad SMARTS) is 1. The van der Waals surface area contributed by atoms with Gasteiger partial charge in [0.15, 0.2) is 17.0 Å². The van der Waals surface area contributed by atoms with Crippen molar-refractivity contribution >= 4 is 11.9 Å². The lowest BCUT2D eigenvalue weighted by Gasteiger charge is -2.31. The van der Waals surface area contributed by atoms with Crippen molar-refractivity contribution in [3.05, 3.63) is 23.8 Å². The molecule has 24 heavy (non-hydrogen) atoms. The molecule has 2 atom stereocenters. The Hall–Kier alpha value is -2.28. The van der Waals surface area contributed by atoms with E-state index in [4.69, 9.17) is 15.2 Å². The van der Waals surface area contributed by atoms with E-state index in [1.54, 1.807) is 25.1 Å². The van der Waals surface area contributed by atoms with Crippen molar-refractivity contribution in [1.82, 2.24) is 5.32 Å². The second-order valence-corrected chi connectivity index (χ2v) is 6.36. The smallest absolute Gasteiger partial charge is 0.334 e. The molecular weight excluding hydrogens is 312 g/mol. The van der Waals surface area contributed by atoms with E-state index in [-0.39, 0.29) is 19.1 Å². The number of amides is 1. The largest absolute Gasteiger partial charge is 0.479 e. The molecule has 0 bridgehead atoms. The minimum absolute atomic E-state index is 0.0939. The van der Waals surface area contributed by atoms with Crippen LogP contribution in [0.25, 0.3) is 0 Å². The van der Waals surface area contributed by atoms with Crippen LogP contribution >= 0.6 is 0 Å². The monoisotopic (exact) mass is 336 g/mol. The molecular formula is C17H24N2O5. The van der Waals surface area contributed by atoms with E-state index < -0.39 is 23.5 Å². The van der Waals surface area contributed by atoms with E-state index in [1.165, 1.54) is 0 Å². The highest BCUT2D eigenvalue weighted by Crippen LogP contribution is 2.37. The molecule has 7 heteroatoms. The Morgan fingerprint density at radius 3 is 2.58 bits per heavy atom. The molecule has 0 aromatic heterocycles. The number of carboxylic acids is 1. The molecule has 1 aliphatic rings. The van der Waals surface area contributed by atoms with E-state index in [0.717, 1.165) is 0 Å². The number of nitrogens with two attached hydrogens (primary N) is 1. The summed E-state index contributed by atoms with van der Waals surface area (Å²) >= 11 is 0. The van der Waals surface area contributed by atoms with E-state index in [9.17, 15) is 14.7 Å². The molecule has 1 aromatic rings. The van der Waals surface area contributed by atoms with Gasteiger partial charge in [-0.15, -0.1) is 0 Å². The van der Waals surface area contributed by atoms with Crippen LogP contribution < -0.4 is 20.5 Å². The van der Waals surface area contributed by atoms with Gasteiger partial charge in [0, 0.05) is 0 Å². The summed E-state index contributed by atoms with van der Waals surface area (Å²) in [4.78, 5) is 24.4. The second-order valence-electron chi connectivity index (χ2n) is 6.36. The molecule has 2 rings (SSSR count). The fourth-order valence-electron chi connectivity index (χ4n) is 2.77. The van der Waals surface area contributed by atoms with Crippen molar-refractivity contribution in [1.29, 1.82) is 0 Å². The zero-order valence-electron chi connectivity index (χ0n) is 14.2. The first-order valence-corrected chi connectivity index (χ1v) is 8.01. The molecule has 0 radical (unpaired) electrons. The highest BCUT2D eigenvalue weighted by molar-refractivity contribution is 5.90. The maximum Gasteiger partial charge on any atom is 0.334 e. The lowest BCUT2D eigenvalue weighted by Crippen LogP contribution is -2.56. The molecule has 0 fully saturated rings. The fraction of sp³-hybridized carbons (Fsp3) is 0.529. The number of hydrogen-bond acceptors (Lipinski definition) is 5. The van der Waals surface area contributed by atoms with Crippen LogP contribution in [0, 0.1) is 5.92 Å². The summed E-state index contributed by atoms with van der Waals surface area (Å²) in [6.45, 7) is 5.70. The van der Waals surface area contributed by atoms with Gasteiger partial charge >= 0.3 is 5.97 Å². The maximum absolute atomic E-state index is 12.4. The number of rotatable bonds is 7. The van der Waals surface area contributed by atoms with Crippen molar-refractivity contribution in [3.63, 3.8) is 0 Å². The lowest BCUT2D eigenvalue weighted by atomic mass is 9.86. The van der Waals surface area contributed by atoms with Crippen molar-refractivity contribution < 1.29 is 24.2 Å². The first-order chi connectivity index (χ1) is 11.3. The molecule has 1 aliphatic heterocycles. The van der Waals surface area contributed by atoms with Crippen LogP contribution in [-0.4, -0.2) is 29.8 Å². The average molecular weight is 336 g/mol. The molecule has 1 aromatic carbocycles. The summed E-state index contributed by atoms with van der Waals surface area (Å²) in [5, 5.41) is 12.4. The minimum atomic E-state index is -1.56. The SMILES string of the molecule is CCC(NC(=O)[C@@H](N)CC(C)C)(C(=O)O)c1ccc2c(c1)OCO2. The van der Waals surface area contributed by atoms with Crippen molar-refractivity contribution in [2.24, 2.45) is 11.7 Å². The molecule has 0 saturated carbocycles. The number of carbonyl (C=O) groups is 2.